The first kappa shape index (κ1) is 16.4. The van der Waals surface area contributed by atoms with Crippen molar-refractivity contribution >= 4 is 15.9 Å². The average molecular weight is 291 g/mol. The highest BCUT2D eigenvalue weighted by molar-refractivity contribution is 7.88. The molecule has 1 unspecified atom stereocenters. The van der Waals surface area contributed by atoms with Gasteiger partial charge in [0.25, 0.3) is 0 Å². The first-order valence-corrected chi connectivity index (χ1v) is 8.54. The molecule has 0 aromatic heterocycles. The van der Waals surface area contributed by atoms with Gasteiger partial charge in [-0.15, -0.1) is 0 Å². The van der Waals surface area contributed by atoms with E-state index in [1.807, 2.05) is 0 Å². The number of sulfonamides is 1. The van der Waals surface area contributed by atoms with Crippen LogP contribution in [0.1, 0.15) is 20.3 Å². The van der Waals surface area contributed by atoms with Crippen LogP contribution in [0.15, 0.2) is 0 Å². The summed E-state index contributed by atoms with van der Waals surface area (Å²) >= 11 is 0. The molecule has 0 aromatic carbocycles. The zero-order valence-corrected chi connectivity index (χ0v) is 12.8. The maximum Gasteiger partial charge on any atom is 0.227 e. The number of hydrogen-bond donors (Lipinski definition) is 1. The normalized spacial score (nSPS) is 19.7. The molecule has 0 aliphatic carbocycles. The van der Waals surface area contributed by atoms with Gasteiger partial charge in [0.1, 0.15) is 0 Å². The summed E-state index contributed by atoms with van der Waals surface area (Å²) in [4.78, 5) is 14.0. The van der Waals surface area contributed by atoms with Gasteiger partial charge >= 0.3 is 0 Å². The Morgan fingerprint density at radius 2 is 1.74 bits per heavy atom. The summed E-state index contributed by atoms with van der Waals surface area (Å²) in [5.74, 6) is 0.337. The second-order valence-electron chi connectivity index (χ2n) is 5.55. The topological polar surface area (TPSA) is 83.7 Å². The molecule has 1 aliphatic heterocycles. The molecule has 19 heavy (non-hydrogen) atoms. The smallest absolute Gasteiger partial charge is 0.227 e. The number of nitrogens with zero attached hydrogens (tertiary/aromatic N) is 2. The number of piperazine rings is 1. The second kappa shape index (κ2) is 6.67. The molecule has 1 amide bonds. The highest BCUT2D eigenvalue weighted by atomic mass is 32.2. The third-order valence-corrected chi connectivity index (χ3v) is 4.71. The molecule has 7 heteroatoms. The first-order valence-electron chi connectivity index (χ1n) is 6.69. The molecule has 1 aliphatic rings. The molecule has 6 nitrogen and oxygen atoms in total. The van der Waals surface area contributed by atoms with E-state index >= 15 is 0 Å². The van der Waals surface area contributed by atoms with Gasteiger partial charge < -0.3 is 10.6 Å². The number of carbonyl (C=O) groups excluding carboxylic acids is 1. The SMILES string of the molecule is CC(C)CC(CN)C(=O)N1CCN(S(C)(=O)=O)CC1. The number of amides is 1. The molecule has 1 fully saturated rings. The Hall–Kier alpha value is -0.660. The summed E-state index contributed by atoms with van der Waals surface area (Å²) in [5, 5.41) is 0. The molecular formula is C12H25N3O3S. The van der Waals surface area contributed by atoms with Crippen LogP contribution >= 0.6 is 0 Å². The minimum Gasteiger partial charge on any atom is -0.340 e. The summed E-state index contributed by atoms with van der Waals surface area (Å²) in [6, 6.07) is 0. The largest absolute Gasteiger partial charge is 0.340 e. The summed E-state index contributed by atoms with van der Waals surface area (Å²) in [5.41, 5.74) is 5.67. The van der Waals surface area contributed by atoms with Gasteiger partial charge in [-0.2, -0.15) is 4.31 Å². The molecule has 1 saturated heterocycles. The number of rotatable bonds is 5. The molecule has 0 spiro atoms. The summed E-state index contributed by atoms with van der Waals surface area (Å²) in [6.45, 7) is 6.16. The van der Waals surface area contributed by atoms with E-state index < -0.39 is 10.0 Å². The van der Waals surface area contributed by atoms with Crippen molar-refractivity contribution in [1.29, 1.82) is 0 Å². The fourth-order valence-corrected chi connectivity index (χ4v) is 3.19. The van der Waals surface area contributed by atoms with Crippen LogP contribution < -0.4 is 5.73 Å². The Morgan fingerprint density at radius 3 is 2.11 bits per heavy atom. The van der Waals surface area contributed by atoms with E-state index in [1.54, 1.807) is 4.90 Å². The zero-order valence-electron chi connectivity index (χ0n) is 12.0. The van der Waals surface area contributed by atoms with E-state index in [9.17, 15) is 13.2 Å². The third-order valence-electron chi connectivity index (χ3n) is 3.41. The van der Waals surface area contributed by atoms with Gasteiger partial charge in [-0.05, 0) is 12.3 Å². The van der Waals surface area contributed by atoms with Crippen LogP contribution in [-0.2, 0) is 14.8 Å². The lowest BCUT2D eigenvalue weighted by atomic mass is 9.95. The molecular weight excluding hydrogens is 266 g/mol. The quantitative estimate of drug-likeness (QED) is 0.754. The standard InChI is InChI=1S/C12H25N3O3S/c1-10(2)8-11(9-13)12(16)14-4-6-15(7-5-14)19(3,17)18/h10-11H,4-9,13H2,1-3H3. The summed E-state index contributed by atoms with van der Waals surface area (Å²) in [7, 11) is -3.15. The molecule has 1 atom stereocenters. The van der Waals surface area contributed by atoms with Gasteiger partial charge in [-0.25, -0.2) is 8.42 Å². The van der Waals surface area contributed by atoms with Gasteiger partial charge in [0.05, 0.1) is 12.2 Å². The Morgan fingerprint density at radius 1 is 1.21 bits per heavy atom. The zero-order chi connectivity index (χ0) is 14.6. The molecule has 1 heterocycles. The van der Waals surface area contributed by atoms with Crippen molar-refractivity contribution in [2.75, 3.05) is 39.0 Å². The van der Waals surface area contributed by atoms with Gasteiger partial charge in [-0.3, -0.25) is 4.79 Å². The lowest BCUT2D eigenvalue weighted by Crippen LogP contribution is -2.52. The maximum absolute atomic E-state index is 12.3. The first-order chi connectivity index (χ1) is 8.75. The predicted octanol–water partition coefficient (Wildman–Crippen LogP) is -0.289. The van der Waals surface area contributed by atoms with E-state index in [4.69, 9.17) is 5.73 Å². The second-order valence-corrected chi connectivity index (χ2v) is 7.53. The summed E-state index contributed by atoms with van der Waals surface area (Å²) in [6.07, 6.45) is 1.98. The minimum atomic E-state index is -3.15. The Balaban J connectivity index is 2.57. The molecule has 0 radical (unpaired) electrons. The molecule has 0 saturated carbocycles. The Kier molecular flexibility index (Phi) is 5.76. The highest BCUT2D eigenvalue weighted by Crippen LogP contribution is 2.15. The van der Waals surface area contributed by atoms with E-state index in [-0.39, 0.29) is 11.8 Å². The number of carbonyl (C=O) groups is 1. The van der Waals surface area contributed by atoms with Crippen molar-refractivity contribution in [1.82, 2.24) is 9.21 Å². The van der Waals surface area contributed by atoms with Crippen molar-refractivity contribution in [3.05, 3.63) is 0 Å². The number of nitrogens with two attached hydrogens (primary N) is 1. The van der Waals surface area contributed by atoms with Crippen LogP contribution in [-0.4, -0.2) is 62.5 Å². The maximum atomic E-state index is 12.3. The van der Waals surface area contributed by atoms with Crippen LogP contribution in [0.4, 0.5) is 0 Å². The van der Waals surface area contributed by atoms with Gasteiger partial charge in [-0.1, -0.05) is 13.8 Å². The van der Waals surface area contributed by atoms with E-state index in [2.05, 4.69) is 13.8 Å². The van der Waals surface area contributed by atoms with Crippen molar-refractivity contribution in [3.63, 3.8) is 0 Å². The van der Waals surface area contributed by atoms with Crippen molar-refractivity contribution in [2.45, 2.75) is 20.3 Å². The highest BCUT2D eigenvalue weighted by Gasteiger charge is 2.29. The third kappa shape index (κ3) is 4.74. The number of hydrogen-bond acceptors (Lipinski definition) is 4. The van der Waals surface area contributed by atoms with E-state index in [0.717, 1.165) is 6.42 Å². The van der Waals surface area contributed by atoms with E-state index in [1.165, 1.54) is 10.6 Å². The van der Waals surface area contributed by atoms with Crippen LogP contribution in [0.3, 0.4) is 0 Å². The van der Waals surface area contributed by atoms with E-state index in [0.29, 0.717) is 38.6 Å². The monoisotopic (exact) mass is 291 g/mol. The molecule has 112 valence electrons. The Bertz CT molecular complexity index is 400. The van der Waals surface area contributed by atoms with Gasteiger partial charge in [0.2, 0.25) is 15.9 Å². The lowest BCUT2D eigenvalue weighted by Gasteiger charge is -2.35. The summed E-state index contributed by atoms with van der Waals surface area (Å²) < 4.78 is 24.2. The predicted molar refractivity (Wildman–Crippen MR) is 75.0 cm³/mol. The molecule has 0 aromatic rings. The fraction of sp³-hybridized carbons (Fsp3) is 0.917. The minimum absolute atomic E-state index is 0.0596. The van der Waals surface area contributed by atoms with Crippen LogP contribution in [0.25, 0.3) is 0 Å². The lowest BCUT2D eigenvalue weighted by molar-refractivity contribution is -0.136. The van der Waals surface area contributed by atoms with Crippen molar-refractivity contribution in [2.24, 2.45) is 17.6 Å². The van der Waals surface area contributed by atoms with Crippen molar-refractivity contribution < 1.29 is 13.2 Å². The van der Waals surface area contributed by atoms with Crippen molar-refractivity contribution in [3.8, 4) is 0 Å². The molecule has 0 bridgehead atoms. The van der Waals surface area contributed by atoms with Gasteiger partial charge in [0.15, 0.2) is 0 Å². The van der Waals surface area contributed by atoms with Crippen LogP contribution in [0.2, 0.25) is 0 Å². The average Bonchev–Trinajstić information content (AvgIpc) is 2.34. The van der Waals surface area contributed by atoms with Crippen LogP contribution in [0.5, 0.6) is 0 Å². The Labute approximate surface area is 116 Å². The molecule has 2 N–H and O–H groups in total. The van der Waals surface area contributed by atoms with Crippen LogP contribution in [0, 0.1) is 11.8 Å². The van der Waals surface area contributed by atoms with Gasteiger partial charge in [0, 0.05) is 32.7 Å². The molecule has 1 rings (SSSR count). The fourth-order valence-electron chi connectivity index (χ4n) is 2.37.